The van der Waals surface area contributed by atoms with Crippen molar-refractivity contribution < 1.29 is 0 Å². The van der Waals surface area contributed by atoms with Gasteiger partial charge in [0.1, 0.15) is 0 Å². The van der Waals surface area contributed by atoms with Crippen LogP contribution in [-0.4, -0.2) is 31.1 Å². The van der Waals surface area contributed by atoms with Gasteiger partial charge in [0.05, 0.1) is 10.4 Å². The molecule has 1 aliphatic heterocycles. The normalized spacial score (nSPS) is 17.8. The summed E-state index contributed by atoms with van der Waals surface area (Å²) in [6.07, 6.45) is 0. The van der Waals surface area contributed by atoms with Crippen molar-refractivity contribution in [3.05, 3.63) is 56.7 Å². The molecule has 1 aliphatic rings. The second-order valence-electron chi connectivity index (χ2n) is 6.15. The summed E-state index contributed by atoms with van der Waals surface area (Å²) in [6, 6.07) is 13.6. The highest BCUT2D eigenvalue weighted by Crippen LogP contribution is 2.35. The SMILES string of the molecule is CC(C)c1ccc(C(c2ccc(Cl)s2)N2CCNCC2)cc1. The number of hydrogen-bond donors (Lipinski definition) is 1. The van der Waals surface area contributed by atoms with Crippen molar-refractivity contribution in [1.82, 2.24) is 10.2 Å². The Morgan fingerprint density at radius 2 is 1.64 bits per heavy atom. The second kappa shape index (κ2) is 7.14. The molecule has 0 saturated carbocycles. The van der Waals surface area contributed by atoms with Crippen LogP contribution in [0.1, 0.15) is 41.8 Å². The highest BCUT2D eigenvalue weighted by Gasteiger charge is 2.25. The molecule has 1 saturated heterocycles. The first-order chi connectivity index (χ1) is 10.6. The van der Waals surface area contributed by atoms with Crippen LogP contribution in [0.25, 0.3) is 0 Å². The predicted octanol–water partition coefficient (Wildman–Crippen LogP) is 4.52. The van der Waals surface area contributed by atoms with Gasteiger partial charge in [-0.05, 0) is 29.2 Å². The third-order valence-electron chi connectivity index (χ3n) is 4.30. The number of nitrogens with one attached hydrogen (secondary N) is 1. The van der Waals surface area contributed by atoms with Crippen molar-refractivity contribution in [2.45, 2.75) is 25.8 Å². The van der Waals surface area contributed by atoms with Crippen LogP contribution in [0.2, 0.25) is 4.34 Å². The van der Waals surface area contributed by atoms with E-state index in [1.807, 2.05) is 6.07 Å². The Morgan fingerprint density at radius 1 is 1.00 bits per heavy atom. The van der Waals surface area contributed by atoms with E-state index in [4.69, 9.17) is 11.6 Å². The van der Waals surface area contributed by atoms with Gasteiger partial charge in [-0.25, -0.2) is 0 Å². The summed E-state index contributed by atoms with van der Waals surface area (Å²) < 4.78 is 0.869. The molecule has 4 heteroatoms. The van der Waals surface area contributed by atoms with E-state index in [1.54, 1.807) is 11.3 Å². The number of benzene rings is 1. The molecule has 1 aromatic heterocycles. The van der Waals surface area contributed by atoms with Crippen molar-refractivity contribution in [3.8, 4) is 0 Å². The van der Waals surface area contributed by atoms with Crippen LogP contribution < -0.4 is 5.32 Å². The predicted molar refractivity (Wildman–Crippen MR) is 96.1 cm³/mol. The second-order valence-corrected chi connectivity index (χ2v) is 7.90. The maximum Gasteiger partial charge on any atom is 0.0931 e. The summed E-state index contributed by atoms with van der Waals surface area (Å²) in [4.78, 5) is 3.90. The molecule has 2 nitrogen and oxygen atoms in total. The molecule has 1 N–H and O–H groups in total. The molecule has 0 amide bonds. The van der Waals surface area contributed by atoms with E-state index in [0.717, 1.165) is 30.5 Å². The summed E-state index contributed by atoms with van der Waals surface area (Å²) in [5.41, 5.74) is 2.76. The fraction of sp³-hybridized carbons (Fsp3) is 0.444. The minimum atomic E-state index is 0.320. The topological polar surface area (TPSA) is 15.3 Å². The minimum absolute atomic E-state index is 0.320. The van der Waals surface area contributed by atoms with Gasteiger partial charge in [-0.15, -0.1) is 11.3 Å². The molecule has 22 heavy (non-hydrogen) atoms. The lowest BCUT2D eigenvalue weighted by molar-refractivity contribution is 0.200. The van der Waals surface area contributed by atoms with Crippen LogP contribution in [0.4, 0.5) is 0 Å². The van der Waals surface area contributed by atoms with Gasteiger partial charge in [0.25, 0.3) is 0 Å². The summed E-state index contributed by atoms with van der Waals surface area (Å²) in [7, 11) is 0. The number of piperazine rings is 1. The van der Waals surface area contributed by atoms with Crippen molar-refractivity contribution in [2.75, 3.05) is 26.2 Å². The highest BCUT2D eigenvalue weighted by molar-refractivity contribution is 7.16. The van der Waals surface area contributed by atoms with Crippen molar-refractivity contribution >= 4 is 22.9 Å². The monoisotopic (exact) mass is 334 g/mol. The molecular formula is C18H23ClN2S. The van der Waals surface area contributed by atoms with Gasteiger partial charge in [-0.3, -0.25) is 4.90 Å². The molecule has 1 atom stereocenters. The Balaban J connectivity index is 1.93. The molecular weight excluding hydrogens is 312 g/mol. The van der Waals surface area contributed by atoms with Gasteiger partial charge in [0.15, 0.2) is 0 Å². The Kier molecular flexibility index (Phi) is 5.19. The third kappa shape index (κ3) is 3.54. The lowest BCUT2D eigenvalue weighted by Crippen LogP contribution is -2.45. The van der Waals surface area contributed by atoms with Gasteiger partial charge in [0.2, 0.25) is 0 Å². The molecule has 0 aliphatic carbocycles. The van der Waals surface area contributed by atoms with E-state index in [0.29, 0.717) is 12.0 Å². The van der Waals surface area contributed by atoms with E-state index < -0.39 is 0 Å². The number of thiophene rings is 1. The molecule has 0 spiro atoms. The van der Waals surface area contributed by atoms with E-state index in [1.165, 1.54) is 16.0 Å². The van der Waals surface area contributed by atoms with Crippen LogP contribution in [-0.2, 0) is 0 Å². The number of nitrogens with zero attached hydrogens (tertiary/aromatic N) is 1. The number of rotatable bonds is 4. The van der Waals surface area contributed by atoms with Crippen LogP contribution in [0.5, 0.6) is 0 Å². The number of hydrogen-bond acceptors (Lipinski definition) is 3. The highest BCUT2D eigenvalue weighted by atomic mass is 35.5. The fourth-order valence-electron chi connectivity index (χ4n) is 3.03. The van der Waals surface area contributed by atoms with Gasteiger partial charge in [-0.2, -0.15) is 0 Å². The summed E-state index contributed by atoms with van der Waals surface area (Å²) in [6.45, 7) is 8.74. The van der Waals surface area contributed by atoms with Crippen molar-refractivity contribution in [2.24, 2.45) is 0 Å². The van der Waals surface area contributed by atoms with Crippen molar-refractivity contribution in [1.29, 1.82) is 0 Å². The summed E-state index contributed by atoms with van der Waals surface area (Å²) >= 11 is 7.88. The van der Waals surface area contributed by atoms with E-state index in [-0.39, 0.29) is 0 Å². The van der Waals surface area contributed by atoms with Gasteiger partial charge in [0, 0.05) is 31.1 Å². The molecule has 0 bridgehead atoms. The molecule has 1 aromatic carbocycles. The molecule has 2 aromatic rings. The van der Waals surface area contributed by atoms with Gasteiger partial charge < -0.3 is 5.32 Å². The Labute approximate surface area is 142 Å². The van der Waals surface area contributed by atoms with Crippen LogP contribution in [0.3, 0.4) is 0 Å². The number of halogens is 1. The van der Waals surface area contributed by atoms with E-state index in [2.05, 4.69) is 54.4 Å². The Hall–Kier alpha value is -0.870. The molecule has 118 valence electrons. The molecule has 3 rings (SSSR count). The molecule has 0 radical (unpaired) electrons. The lowest BCUT2D eigenvalue weighted by Gasteiger charge is -2.35. The van der Waals surface area contributed by atoms with Crippen molar-refractivity contribution in [3.63, 3.8) is 0 Å². The maximum absolute atomic E-state index is 6.19. The zero-order valence-corrected chi connectivity index (χ0v) is 14.8. The fourth-order valence-corrected chi connectivity index (χ4v) is 4.26. The Bertz CT molecular complexity index is 600. The zero-order chi connectivity index (χ0) is 15.5. The van der Waals surface area contributed by atoms with Gasteiger partial charge in [-0.1, -0.05) is 49.7 Å². The minimum Gasteiger partial charge on any atom is -0.314 e. The largest absolute Gasteiger partial charge is 0.314 e. The van der Waals surface area contributed by atoms with E-state index >= 15 is 0 Å². The first-order valence-electron chi connectivity index (χ1n) is 7.95. The van der Waals surface area contributed by atoms with Crippen LogP contribution in [0, 0.1) is 0 Å². The first-order valence-corrected chi connectivity index (χ1v) is 9.14. The molecule has 2 heterocycles. The van der Waals surface area contributed by atoms with Gasteiger partial charge >= 0.3 is 0 Å². The molecule has 1 unspecified atom stereocenters. The third-order valence-corrected chi connectivity index (χ3v) is 5.58. The average Bonchev–Trinajstić information content (AvgIpc) is 2.95. The quantitative estimate of drug-likeness (QED) is 0.884. The molecule has 1 fully saturated rings. The lowest BCUT2D eigenvalue weighted by atomic mass is 9.97. The van der Waals surface area contributed by atoms with E-state index in [9.17, 15) is 0 Å². The summed E-state index contributed by atoms with van der Waals surface area (Å²) in [5.74, 6) is 0.572. The first kappa shape index (κ1) is 16.0. The van der Waals surface area contributed by atoms with Crippen LogP contribution in [0.15, 0.2) is 36.4 Å². The average molecular weight is 335 g/mol. The van der Waals surface area contributed by atoms with Crippen LogP contribution >= 0.6 is 22.9 Å². The summed E-state index contributed by atoms with van der Waals surface area (Å²) in [5, 5.41) is 3.44. The standard InChI is InChI=1S/C18H23ClN2S/c1-13(2)14-3-5-15(6-4-14)18(16-7-8-17(19)22-16)21-11-9-20-10-12-21/h3-8,13,18,20H,9-12H2,1-2H3. The Morgan fingerprint density at radius 3 is 2.18 bits per heavy atom. The smallest absolute Gasteiger partial charge is 0.0931 e. The maximum atomic E-state index is 6.19. The zero-order valence-electron chi connectivity index (χ0n) is 13.2.